The van der Waals surface area contributed by atoms with Crippen molar-refractivity contribution in [3.63, 3.8) is 0 Å². The van der Waals surface area contributed by atoms with E-state index in [2.05, 4.69) is 28.4 Å². The number of aromatic nitrogens is 1. The molecule has 21 heavy (non-hydrogen) atoms. The Labute approximate surface area is 129 Å². The summed E-state index contributed by atoms with van der Waals surface area (Å²) < 4.78 is 0. The minimum atomic E-state index is -0.229. The molecule has 1 amide bonds. The number of amides is 1. The minimum absolute atomic E-state index is 0.106. The van der Waals surface area contributed by atoms with Crippen molar-refractivity contribution in [2.24, 2.45) is 0 Å². The fraction of sp³-hybridized carbons (Fsp3) is 0.500. The van der Waals surface area contributed by atoms with Crippen molar-refractivity contribution in [3.8, 4) is 11.8 Å². The standard InChI is InChI=1S/C16H20N2O2S/c1-21-15-7-3-2-6-14(15)18-16(20)13-8-9-17-11-12(13)5-4-10-19/h8-9,11,14-15,19H,2-3,6-7,10H2,1H3,(H,18,20). The number of aliphatic hydroxyl groups excluding tert-OH is 1. The number of carbonyl (C=O) groups excluding carboxylic acids is 1. The third-order valence-corrected chi connectivity index (χ3v) is 4.86. The number of nitrogens with one attached hydrogen (secondary N) is 1. The first-order chi connectivity index (χ1) is 10.3. The number of carbonyl (C=O) groups is 1. The van der Waals surface area contributed by atoms with Crippen LogP contribution in [0.4, 0.5) is 0 Å². The second-order valence-electron chi connectivity index (χ2n) is 5.02. The van der Waals surface area contributed by atoms with E-state index in [4.69, 9.17) is 5.11 Å². The maximum atomic E-state index is 12.5. The molecule has 0 saturated heterocycles. The number of nitrogens with zero attached hydrogens (tertiary/aromatic N) is 1. The van der Waals surface area contributed by atoms with Crippen LogP contribution in [-0.2, 0) is 0 Å². The molecule has 1 aromatic heterocycles. The van der Waals surface area contributed by atoms with Crippen molar-refractivity contribution < 1.29 is 9.90 Å². The highest BCUT2D eigenvalue weighted by atomic mass is 32.2. The van der Waals surface area contributed by atoms with Crippen LogP contribution in [0.1, 0.15) is 41.6 Å². The maximum Gasteiger partial charge on any atom is 0.252 e. The molecule has 1 heterocycles. The summed E-state index contributed by atoms with van der Waals surface area (Å²) in [5.74, 6) is 5.24. The fourth-order valence-electron chi connectivity index (χ4n) is 2.62. The lowest BCUT2D eigenvalue weighted by Crippen LogP contribution is -2.43. The van der Waals surface area contributed by atoms with E-state index in [1.165, 1.54) is 6.42 Å². The fourth-order valence-corrected chi connectivity index (χ4v) is 3.55. The molecule has 1 aliphatic carbocycles. The van der Waals surface area contributed by atoms with Crippen molar-refractivity contribution in [2.45, 2.75) is 37.0 Å². The molecule has 4 nitrogen and oxygen atoms in total. The van der Waals surface area contributed by atoms with E-state index in [1.54, 1.807) is 18.5 Å². The number of hydrogen-bond donors (Lipinski definition) is 2. The molecule has 1 fully saturated rings. The van der Waals surface area contributed by atoms with Gasteiger partial charge in [-0.1, -0.05) is 24.7 Å². The molecular weight excluding hydrogens is 284 g/mol. The van der Waals surface area contributed by atoms with E-state index in [9.17, 15) is 4.79 Å². The van der Waals surface area contributed by atoms with Gasteiger partial charge in [0.05, 0.1) is 11.1 Å². The molecule has 2 N–H and O–H groups in total. The van der Waals surface area contributed by atoms with E-state index in [1.807, 2.05) is 11.8 Å². The van der Waals surface area contributed by atoms with Crippen LogP contribution in [0.5, 0.6) is 0 Å². The maximum absolute atomic E-state index is 12.5. The topological polar surface area (TPSA) is 62.2 Å². The van der Waals surface area contributed by atoms with Crippen molar-refractivity contribution in [1.29, 1.82) is 0 Å². The van der Waals surface area contributed by atoms with Gasteiger partial charge in [-0.05, 0) is 25.2 Å². The van der Waals surface area contributed by atoms with Crippen LogP contribution in [0.2, 0.25) is 0 Å². The first-order valence-electron chi connectivity index (χ1n) is 7.13. The first kappa shape index (κ1) is 15.9. The number of thioether (sulfide) groups is 1. The molecule has 0 aliphatic heterocycles. The molecule has 0 bridgehead atoms. The highest BCUT2D eigenvalue weighted by Gasteiger charge is 2.26. The Hall–Kier alpha value is -1.51. The number of pyridine rings is 1. The van der Waals surface area contributed by atoms with Gasteiger partial charge in [-0.25, -0.2) is 0 Å². The highest BCUT2D eigenvalue weighted by molar-refractivity contribution is 7.99. The molecule has 2 unspecified atom stereocenters. The van der Waals surface area contributed by atoms with Gasteiger partial charge >= 0.3 is 0 Å². The second-order valence-corrected chi connectivity index (χ2v) is 6.10. The van der Waals surface area contributed by atoms with Gasteiger partial charge in [0, 0.05) is 23.7 Å². The Morgan fingerprint density at radius 2 is 2.33 bits per heavy atom. The van der Waals surface area contributed by atoms with Gasteiger partial charge in [0.25, 0.3) is 5.91 Å². The molecule has 0 radical (unpaired) electrons. The summed E-state index contributed by atoms with van der Waals surface area (Å²) in [6, 6.07) is 1.89. The molecular formula is C16H20N2O2S. The van der Waals surface area contributed by atoms with E-state index < -0.39 is 0 Å². The van der Waals surface area contributed by atoms with Gasteiger partial charge < -0.3 is 10.4 Å². The monoisotopic (exact) mass is 304 g/mol. The van der Waals surface area contributed by atoms with E-state index in [0.717, 1.165) is 19.3 Å². The third kappa shape index (κ3) is 4.23. The van der Waals surface area contributed by atoms with Crippen molar-refractivity contribution in [1.82, 2.24) is 10.3 Å². The van der Waals surface area contributed by atoms with Crippen LogP contribution in [0.25, 0.3) is 0 Å². The Morgan fingerprint density at radius 1 is 1.52 bits per heavy atom. The predicted molar refractivity (Wildman–Crippen MR) is 85.2 cm³/mol. The SMILES string of the molecule is CSC1CCCCC1NC(=O)c1ccncc1C#CCO. The summed E-state index contributed by atoms with van der Waals surface area (Å²) in [6.45, 7) is -0.229. The van der Waals surface area contributed by atoms with Gasteiger partial charge in [0.1, 0.15) is 6.61 Å². The van der Waals surface area contributed by atoms with Crippen LogP contribution < -0.4 is 5.32 Å². The lowest BCUT2D eigenvalue weighted by atomic mass is 9.94. The van der Waals surface area contributed by atoms with Gasteiger partial charge in [-0.2, -0.15) is 11.8 Å². The Balaban J connectivity index is 2.13. The molecule has 1 saturated carbocycles. The van der Waals surface area contributed by atoms with Gasteiger partial charge in [-0.3, -0.25) is 9.78 Å². The summed E-state index contributed by atoms with van der Waals surface area (Å²) in [6.07, 6.45) is 9.83. The van der Waals surface area contributed by atoms with Crippen LogP contribution >= 0.6 is 11.8 Å². The molecule has 1 aliphatic rings. The van der Waals surface area contributed by atoms with Crippen molar-refractivity contribution in [3.05, 3.63) is 29.6 Å². The molecule has 0 aromatic carbocycles. The normalized spacial score (nSPS) is 21.2. The van der Waals surface area contributed by atoms with E-state index in [-0.39, 0.29) is 18.6 Å². The molecule has 2 atom stereocenters. The smallest absolute Gasteiger partial charge is 0.252 e. The first-order valence-corrected chi connectivity index (χ1v) is 8.42. The number of rotatable bonds is 3. The second kappa shape index (κ2) is 8.06. The van der Waals surface area contributed by atoms with Crippen LogP contribution in [-0.4, -0.2) is 40.2 Å². The van der Waals surface area contributed by atoms with Crippen molar-refractivity contribution in [2.75, 3.05) is 12.9 Å². The quantitative estimate of drug-likeness (QED) is 0.836. The van der Waals surface area contributed by atoms with Gasteiger partial charge in [-0.15, -0.1) is 0 Å². The van der Waals surface area contributed by atoms with Crippen LogP contribution in [0.15, 0.2) is 18.5 Å². The Bertz CT molecular complexity index is 551. The summed E-state index contributed by atoms with van der Waals surface area (Å²) in [7, 11) is 0. The lowest BCUT2D eigenvalue weighted by molar-refractivity contribution is 0.0929. The zero-order valence-electron chi connectivity index (χ0n) is 12.1. The predicted octanol–water partition coefficient (Wildman–Crippen LogP) is 1.83. The van der Waals surface area contributed by atoms with Gasteiger partial charge in [0.15, 0.2) is 0 Å². The number of hydrogen-bond acceptors (Lipinski definition) is 4. The average molecular weight is 304 g/mol. The third-order valence-electron chi connectivity index (χ3n) is 3.69. The highest BCUT2D eigenvalue weighted by Crippen LogP contribution is 2.27. The average Bonchev–Trinajstić information content (AvgIpc) is 2.53. The summed E-state index contributed by atoms with van der Waals surface area (Å²) in [5, 5.41) is 12.4. The van der Waals surface area contributed by atoms with Gasteiger partial charge in [0.2, 0.25) is 0 Å². The molecule has 0 spiro atoms. The summed E-state index contributed by atoms with van der Waals surface area (Å²) >= 11 is 1.82. The van der Waals surface area contributed by atoms with E-state index >= 15 is 0 Å². The molecule has 2 rings (SSSR count). The zero-order valence-corrected chi connectivity index (χ0v) is 12.9. The number of aliphatic hydroxyl groups is 1. The lowest BCUT2D eigenvalue weighted by Gasteiger charge is -2.31. The van der Waals surface area contributed by atoms with E-state index in [0.29, 0.717) is 16.4 Å². The van der Waals surface area contributed by atoms with Crippen molar-refractivity contribution >= 4 is 17.7 Å². The molecule has 112 valence electrons. The molecule has 5 heteroatoms. The molecule has 1 aromatic rings. The van der Waals surface area contributed by atoms with Crippen LogP contribution in [0.3, 0.4) is 0 Å². The largest absolute Gasteiger partial charge is 0.384 e. The Morgan fingerprint density at radius 3 is 3.10 bits per heavy atom. The zero-order chi connectivity index (χ0) is 15.1. The van der Waals surface area contributed by atoms with Crippen LogP contribution in [0, 0.1) is 11.8 Å². The Kier molecular flexibility index (Phi) is 6.09. The minimum Gasteiger partial charge on any atom is -0.384 e. The summed E-state index contributed by atoms with van der Waals surface area (Å²) in [4.78, 5) is 16.5. The summed E-state index contributed by atoms with van der Waals surface area (Å²) in [5.41, 5.74) is 1.08.